The van der Waals surface area contributed by atoms with Gasteiger partial charge in [0.15, 0.2) is 0 Å². The van der Waals surface area contributed by atoms with Crippen LogP contribution in [0.15, 0.2) is 23.1 Å². The van der Waals surface area contributed by atoms with Crippen LogP contribution < -0.4 is 0 Å². The molecule has 0 unspecified atom stereocenters. The lowest BCUT2D eigenvalue weighted by atomic mass is 10.1. The first-order valence-corrected chi connectivity index (χ1v) is 6.05. The van der Waals surface area contributed by atoms with Crippen molar-refractivity contribution >= 4 is 19.7 Å². The van der Waals surface area contributed by atoms with Crippen molar-refractivity contribution in [2.24, 2.45) is 0 Å². The molecule has 0 bridgehead atoms. The Morgan fingerprint density at radius 1 is 1.20 bits per heavy atom. The summed E-state index contributed by atoms with van der Waals surface area (Å²) in [6.07, 6.45) is -4.58. The molecule has 0 saturated carbocycles. The lowest BCUT2D eigenvalue weighted by Crippen LogP contribution is -2.06. The molecule has 1 aromatic carbocycles. The SMILES string of the molecule is Cc1cc(C(F)(F)F)cc(S(=O)(=O)Cl)c1. The summed E-state index contributed by atoms with van der Waals surface area (Å²) in [5, 5.41) is 0. The number of rotatable bonds is 1. The van der Waals surface area contributed by atoms with E-state index in [1.165, 1.54) is 6.92 Å². The van der Waals surface area contributed by atoms with Gasteiger partial charge in [0, 0.05) is 10.7 Å². The Morgan fingerprint density at radius 2 is 1.73 bits per heavy atom. The summed E-state index contributed by atoms with van der Waals surface area (Å²) in [5.41, 5.74) is -0.842. The highest BCUT2D eigenvalue weighted by Crippen LogP contribution is 2.32. The molecule has 0 aliphatic carbocycles. The summed E-state index contributed by atoms with van der Waals surface area (Å²) in [4.78, 5) is -0.545. The molecule has 2 nitrogen and oxygen atoms in total. The van der Waals surface area contributed by atoms with Crippen molar-refractivity contribution in [3.05, 3.63) is 29.3 Å². The van der Waals surface area contributed by atoms with Crippen LogP contribution in [0.3, 0.4) is 0 Å². The molecule has 84 valence electrons. The van der Waals surface area contributed by atoms with Crippen molar-refractivity contribution in [1.82, 2.24) is 0 Å². The van der Waals surface area contributed by atoms with Crippen LogP contribution in [0, 0.1) is 6.92 Å². The molecule has 1 rings (SSSR count). The Bertz CT molecular complexity index is 479. The third-order valence-electron chi connectivity index (χ3n) is 1.66. The maximum atomic E-state index is 12.3. The number of alkyl halides is 3. The van der Waals surface area contributed by atoms with E-state index in [1.807, 2.05) is 0 Å². The molecule has 0 aliphatic heterocycles. The van der Waals surface area contributed by atoms with E-state index in [9.17, 15) is 21.6 Å². The molecule has 15 heavy (non-hydrogen) atoms. The third kappa shape index (κ3) is 3.10. The lowest BCUT2D eigenvalue weighted by Gasteiger charge is -2.08. The van der Waals surface area contributed by atoms with Crippen LogP contribution in [0.25, 0.3) is 0 Å². The van der Waals surface area contributed by atoms with Crippen LogP contribution in [0.1, 0.15) is 11.1 Å². The molecule has 0 radical (unpaired) electrons. The summed E-state index contributed by atoms with van der Waals surface area (Å²) in [6.45, 7) is 1.36. The summed E-state index contributed by atoms with van der Waals surface area (Å²) >= 11 is 0. The number of halogens is 4. The highest BCUT2D eigenvalue weighted by atomic mass is 35.7. The van der Waals surface area contributed by atoms with Gasteiger partial charge in [0.1, 0.15) is 0 Å². The van der Waals surface area contributed by atoms with Crippen molar-refractivity contribution in [3.63, 3.8) is 0 Å². The first-order valence-electron chi connectivity index (χ1n) is 3.74. The van der Waals surface area contributed by atoms with Crippen LogP contribution in [0.2, 0.25) is 0 Å². The summed E-state index contributed by atoms with van der Waals surface area (Å²) < 4.78 is 58.6. The van der Waals surface area contributed by atoms with Crippen molar-refractivity contribution < 1.29 is 21.6 Å². The highest BCUT2D eigenvalue weighted by molar-refractivity contribution is 8.13. The van der Waals surface area contributed by atoms with Gasteiger partial charge < -0.3 is 0 Å². The first kappa shape index (κ1) is 12.3. The van der Waals surface area contributed by atoms with Gasteiger partial charge in [0.05, 0.1) is 10.5 Å². The van der Waals surface area contributed by atoms with E-state index in [2.05, 4.69) is 0 Å². The first-order chi connectivity index (χ1) is 6.60. The minimum atomic E-state index is -4.58. The largest absolute Gasteiger partial charge is 0.416 e. The molecule has 0 amide bonds. The maximum Gasteiger partial charge on any atom is 0.416 e. The monoisotopic (exact) mass is 258 g/mol. The molecule has 0 fully saturated rings. The predicted molar refractivity (Wildman–Crippen MR) is 49.2 cm³/mol. The quantitative estimate of drug-likeness (QED) is 0.726. The number of aryl methyl sites for hydroxylation is 1. The molecule has 0 heterocycles. The van der Waals surface area contributed by atoms with E-state index in [4.69, 9.17) is 10.7 Å². The number of hydrogen-bond donors (Lipinski definition) is 0. The second-order valence-electron chi connectivity index (χ2n) is 2.97. The van der Waals surface area contributed by atoms with Crippen molar-refractivity contribution in [1.29, 1.82) is 0 Å². The van der Waals surface area contributed by atoms with Crippen LogP contribution in [-0.4, -0.2) is 8.42 Å². The third-order valence-corrected chi connectivity index (χ3v) is 2.99. The fourth-order valence-corrected chi connectivity index (χ4v) is 1.91. The fourth-order valence-electron chi connectivity index (χ4n) is 1.05. The molecular weight excluding hydrogens is 253 g/mol. The molecule has 0 saturated heterocycles. The predicted octanol–water partition coefficient (Wildman–Crippen LogP) is 2.94. The lowest BCUT2D eigenvalue weighted by molar-refractivity contribution is -0.137. The van der Waals surface area contributed by atoms with Gasteiger partial charge in [-0.1, -0.05) is 0 Å². The highest BCUT2D eigenvalue weighted by Gasteiger charge is 2.31. The van der Waals surface area contributed by atoms with Crippen molar-refractivity contribution in [2.45, 2.75) is 18.0 Å². The Labute approximate surface area is 89.1 Å². The second kappa shape index (κ2) is 3.68. The van der Waals surface area contributed by atoms with E-state index in [0.29, 0.717) is 6.07 Å². The maximum absolute atomic E-state index is 12.3. The van der Waals surface area contributed by atoms with E-state index < -0.39 is 25.7 Å². The summed E-state index contributed by atoms with van der Waals surface area (Å²) in [7, 11) is 0.822. The van der Waals surface area contributed by atoms with Gasteiger partial charge >= 0.3 is 6.18 Å². The molecule has 0 atom stereocenters. The Kier molecular flexibility index (Phi) is 3.02. The van der Waals surface area contributed by atoms with E-state index in [-0.39, 0.29) is 5.56 Å². The second-order valence-corrected chi connectivity index (χ2v) is 5.54. The smallest absolute Gasteiger partial charge is 0.207 e. The van der Waals surface area contributed by atoms with Gasteiger partial charge in [-0.05, 0) is 30.7 Å². The molecule has 0 N–H and O–H groups in total. The van der Waals surface area contributed by atoms with Gasteiger partial charge in [0.2, 0.25) is 0 Å². The van der Waals surface area contributed by atoms with Crippen LogP contribution in [0.4, 0.5) is 13.2 Å². The van der Waals surface area contributed by atoms with Crippen LogP contribution in [0.5, 0.6) is 0 Å². The van der Waals surface area contributed by atoms with Gasteiger partial charge in [0.25, 0.3) is 9.05 Å². The summed E-state index contributed by atoms with van der Waals surface area (Å²) in [6, 6.07) is 2.44. The minimum Gasteiger partial charge on any atom is -0.207 e. The van der Waals surface area contributed by atoms with E-state index in [0.717, 1.165) is 12.1 Å². The van der Waals surface area contributed by atoms with Crippen LogP contribution >= 0.6 is 10.7 Å². The van der Waals surface area contributed by atoms with Gasteiger partial charge in [-0.15, -0.1) is 0 Å². The average molecular weight is 259 g/mol. The molecule has 1 aromatic rings. The van der Waals surface area contributed by atoms with Gasteiger partial charge in [-0.25, -0.2) is 8.42 Å². The zero-order chi connectivity index (χ0) is 11.9. The summed E-state index contributed by atoms with van der Waals surface area (Å²) in [5.74, 6) is 0. The van der Waals surface area contributed by atoms with Crippen molar-refractivity contribution in [3.8, 4) is 0 Å². The topological polar surface area (TPSA) is 34.1 Å². The Morgan fingerprint density at radius 3 is 2.13 bits per heavy atom. The van der Waals surface area contributed by atoms with Gasteiger partial charge in [-0.3, -0.25) is 0 Å². The van der Waals surface area contributed by atoms with Crippen LogP contribution in [-0.2, 0) is 15.2 Å². The zero-order valence-electron chi connectivity index (χ0n) is 7.47. The molecule has 0 aliphatic rings. The van der Waals surface area contributed by atoms with Gasteiger partial charge in [-0.2, -0.15) is 13.2 Å². The standard InChI is InChI=1S/C8H6ClF3O2S/c1-5-2-6(8(10,11)12)4-7(3-5)15(9,13)14/h2-4H,1H3. The molecule has 0 spiro atoms. The Balaban J connectivity index is 3.43. The molecule has 0 aromatic heterocycles. The fraction of sp³-hybridized carbons (Fsp3) is 0.250. The number of benzene rings is 1. The molecule has 7 heteroatoms. The Hall–Kier alpha value is -0.750. The normalized spacial score (nSPS) is 12.9. The molecular formula is C8H6ClF3O2S. The number of hydrogen-bond acceptors (Lipinski definition) is 2. The average Bonchev–Trinajstić information content (AvgIpc) is 1.99. The van der Waals surface area contributed by atoms with E-state index >= 15 is 0 Å². The zero-order valence-corrected chi connectivity index (χ0v) is 9.04. The van der Waals surface area contributed by atoms with E-state index in [1.54, 1.807) is 0 Å². The van der Waals surface area contributed by atoms with Crippen molar-refractivity contribution in [2.75, 3.05) is 0 Å². The minimum absolute atomic E-state index is 0.184.